The molecule has 0 radical (unpaired) electrons. The van der Waals surface area contributed by atoms with Gasteiger partial charge in [0.1, 0.15) is 6.61 Å². The van der Waals surface area contributed by atoms with E-state index in [0.29, 0.717) is 13.2 Å². The first-order chi connectivity index (χ1) is 9.24. The third kappa shape index (κ3) is 3.85. The summed E-state index contributed by atoms with van der Waals surface area (Å²) in [6.45, 7) is 1.73. The number of carbonyl (C=O) groups excluding carboxylic acids is 1. The molecule has 1 aromatic carbocycles. The normalized spacial score (nSPS) is 13.6. The number of hydrogen-bond donors (Lipinski definition) is 1. The van der Waals surface area contributed by atoms with Gasteiger partial charge in [0.25, 0.3) is 5.91 Å². The lowest BCUT2D eigenvalue weighted by atomic mass is 10.00. The number of rotatable bonds is 5. The molecule has 6 heteroatoms. The number of ether oxygens (including phenoxy) is 2. The predicted molar refractivity (Wildman–Crippen MR) is 81.5 cm³/mol. The van der Waals surface area contributed by atoms with Gasteiger partial charge in [-0.15, -0.1) is 12.4 Å². The second kappa shape index (κ2) is 8.09. The zero-order valence-electron chi connectivity index (χ0n) is 11.6. The van der Waals surface area contributed by atoms with Crippen LogP contribution in [-0.2, 0) is 20.7 Å². The van der Waals surface area contributed by atoms with Crippen molar-refractivity contribution in [3.8, 4) is 0 Å². The Morgan fingerprint density at radius 2 is 2.20 bits per heavy atom. The van der Waals surface area contributed by atoms with Crippen molar-refractivity contribution in [2.24, 2.45) is 0 Å². The molecule has 1 amide bonds. The van der Waals surface area contributed by atoms with E-state index in [1.807, 2.05) is 18.2 Å². The van der Waals surface area contributed by atoms with Crippen molar-refractivity contribution < 1.29 is 14.3 Å². The average molecular weight is 301 g/mol. The minimum absolute atomic E-state index is 0. The van der Waals surface area contributed by atoms with Crippen molar-refractivity contribution in [2.45, 2.75) is 12.8 Å². The number of carbonyl (C=O) groups is 1. The van der Waals surface area contributed by atoms with Crippen LogP contribution in [-0.4, -0.2) is 39.4 Å². The molecule has 0 unspecified atom stereocenters. The predicted octanol–water partition coefficient (Wildman–Crippen LogP) is 1.63. The number of benzene rings is 1. The highest BCUT2D eigenvalue weighted by molar-refractivity contribution is 5.96. The Kier molecular flexibility index (Phi) is 6.78. The van der Waals surface area contributed by atoms with Crippen molar-refractivity contribution in [1.29, 1.82) is 0 Å². The number of anilines is 2. The molecule has 0 atom stereocenters. The van der Waals surface area contributed by atoms with Crippen LogP contribution in [0.4, 0.5) is 11.4 Å². The van der Waals surface area contributed by atoms with Gasteiger partial charge in [0, 0.05) is 25.0 Å². The molecule has 0 saturated heterocycles. The summed E-state index contributed by atoms with van der Waals surface area (Å²) in [5.74, 6) is -0.0253. The second-order valence-corrected chi connectivity index (χ2v) is 4.54. The molecule has 1 aliphatic rings. The van der Waals surface area contributed by atoms with E-state index in [1.165, 1.54) is 0 Å². The first kappa shape index (κ1) is 16.8. The van der Waals surface area contributed by atoms with Crippen LogP contribution in [0.15, 0.2) is 18.2 Å². The third-order valence-electron chi connectivity index (χ3n) is 3.25. The van der Waals surface area contributed by atoms with Crippen LogP contribution >= 0.6 is 12.4 Å². The third-order valence-corrected chi connectivity index (χ3v) is 3.25. The van der Waals surface area contributed by atoms with Crippen LogP contribution in [0.2, 0.25) is 0 Å². The summed E-state index contributed by atoms with van der Waals surface area (Å²) in [6.07, 6.45) is 1.86. The smallest absolute Gasteiger partial charge is 0.252 e. The maximum Gasteiger partial charge on any atom is 0.252 e. The SMILES string of the molecule is COCCOCC(=O)N1CCCc2c(N)cccc21.Cl. The first-order valence-electron chi connectivity index (χ1n) is 6.48. The monoisotopic (exact) mass is 300 g/mol. The Labute approximate surface area is 125 Å². The summed E-state index contributed by atoms with van der Waals surface area (Å²) in [6, 6.07) is 5.70. The fourth-order valence-electron chi connectivity index (χ4n) is 2.29. The maximum atomic E-state index is 12.2. The van der Waals surface area contributed by atoms with Crippen LogP contribution in [0, 0.1) is 0 Å². The fraction of sp³-hybridized carbons (Fsp3) is 0.500. The summed E-state index contributed by atoms with van der Waals surface area (Å²) >= 11 is 0. The number of amides is 1. The molecule has 5 nitrogen and oxygen atoms in total. The Bertz CT molecular complexity index is 454. The van der Waals surface area contributed by atoms with Gasteiger partial charge in [0.15, 0.2) is 0 Å². The summed E-state index contributed by atoms with van der Waals surface area (Å²) in [4.78, 5) is 13.9. The number of nitrogens with two attached hydrogens (primary N) is 1. The van der Waals surface area contributed by atoms with E-state index in [-0.39, 0.29) is 24.9 Å². The quantitative estimate of drug-likeness (QED) is 0.663. The van der Waals surface area contributed by atoms with E-state index in [2.05, 4.69) is 0 Å². The number of nitrogens with zero attached hydrogens (tertiary/aromatic N) is 1. The molecule has 1 heterocycles. The molecule has 20 heavy (non-hydrogen) atoms. The number of nitrogen functional groups attached to an aromatic ring is 1. The van der Waals surface area contributed by atoms with Crippen LogP contribution in [0.1, 0.15) is 12.0 Å². The fourth-order valence-corrected chi connectivity index (χ4v) is 2.29. The van der Waals surface area contributed by atoms with E-state index in [1.54, 1.807) is 12.0 Å². The van der Waals surface area contributed by atoms with Gasteiger partial charge in [-0.3, -0.25) is 4.79 Å². The van der Waals surface area contributed by atoms with Gasteiger partial charge < -0.3 is 20.1 Å². The number of fused-ring (bicyclic) bond motifs is 1. The zero-order valence-corrected chi connectivity index (χ0v) is 12.4. The number of methoxy groups -OCH3 is 1. The average Bonchev–Trinajstić information content (AvgIpc) is 2.43. The molecule has 0 bridgehead atoms. The van der Waals surface area contributed by atoms with E-state index < -0.39 is 0 Å². The zero-order chi connectivity index (χ0) is 13.7. The highest BCUT2D eigenvalue weighted by Gasteiger charge is 2.23. The summed E-state index contributed by atoms with van der Waals surface area (Å²) < 4.78 is 10.2. The molecule has 0 aromatic heterocycles. The minimum Gasteiger partial charge on any atom is -0.398 e. The number of hydrogen-bond acceptors (Lipinski definition) is 4. The van der Waals surface area contributed by atoms with Gasteiger partial charge in [-0.2, -0.15) is 0 Å². The van der Waals surface area contributed by atoms with Gasteiger partial charge >= 0.3 is 0 Å². The maximum absolute atomic E-state index is 12.2. The molecule has 2 N–H and O–H groups in total. The topological polar surface area (TPSA) is 64.8 Å². The van der Waals surface area contributed by atoms with Crippen LogP contribution in [0.25, 0.3) is 0 Å². The molecule has 112 valence electrons. The van der Waals surface area contributed by atoms with Crippen molar-refractivity contribution in [3.05, 3.63) is 23.8 Å². The molecular formula is C14H21ClN2O3. The van der Waals surface area contributed by atoms with E-state index >= 15 is 0 Å². The van der Waals surface area contributed by atoms with Crippen LogP contribution in [0.3, 0.4) is 0 Å². The van der Waals surface area contributed by atoms with Crippen molar-refractivity contribution >= 4 is 29.7 Å². The van der Waals surface area contributed by atoms with Crippen LogP contribution < -0.4 is 10.6 Å². The van der Waals surface area contributed by atoms with E-state index in [0.717, 1.165) is 36.3 Å². The Morgan fingerprint density at radius 1 is 1.40 bits per heavy atom. The standard InChI is InChI=1S/C14H20N2O3.ClH/c1-18-8-9-19-10-14(17)16-7-3-4-11-12(15)5-2-6-13(11)16;/h2,5-6H,3-4,7-10,15H2,1H3;1H. The van der Waals surface area contributed by atoms with Crippen molar-refractivity contribution in [1.82, 2.24) is 0 Å². The van der Waals surface area contributed by atoms with Gasteiger partial charge in [0.05, 0.1) is 13.2 Å². The summed E-state index contributed by atoms with van der Waals surface area (Å²) in [5.41, 5.74) is 8.71. The molecule has 0 saturated carbocycles. The van der Waals surface area contributed by atoms with Crippen molar-refractivity contribution in [3.63, 3.8) is 0 Å². The van der Waals surface area contributed by atoms with Crippen LogP contribution in [0.5, 0.6) is 0 Å². The van der Waals surface area contributed by atoms with Crippen molar-refractivity contribution in [2.75, 3.05) is 44.1 Å². The largest absolute Gasteiger partial charge is 0.398 e. The lowest BCUT2D eigenvalue weighted by molar-refractivity contribution is -0.123. The van der Waals surface area contributed by atoms with Gasteiger partial charge in [-0.25, -0.2) is 0 Å². The second-order valence-electron chi connectivity index (χ2n) is 4.54. The summed E-state index contributed by atoms with van der Waals surface area (Å²) in [7, 11) is 1.61. The first-order valence-corrected chi connectivity index (χ1v) is 6.48. The number of halogens is 1. The molecule has 1 aromatic rings. The van der Waals surface area contributed by atoms with Gasteiger partial charge in [-0.05, 0) is 30.5 Å². The minimum atomic E-state index is -0.0253. The molecule has 0 fully saturated rings. The van der Waals surface area contributed by atoms with E-state index in [4.69, 9.17) is 15.2 Å². The molecule has 0 spiro atoms. The van der Waals surface area contributed by atoms with Gasteiger partial charge in [0.2, 0.25) is 0 Å². The molecular weight excluding hydrogens is 280 g/mol. The highest BCUT2D eigenvalue weighted by Crippen LogP contribution is 2.31. The highest BCUT2D eigenvalue weighted by atomic mass is 35.5. The molecule has 2 rings (SSSR count). The van der Waals surface area contributed by atoms with E-state index in [9.17, 15) is 4.79 Å². The summed E-state index contributed by atoms with van der Waals surface area (Å²) in [5, 5.41) is 0. The Balaban J connectivity index is 0.00000200. The van der Waals surface area contributed by atoms with Gasteiger partial charge in [-0.1, -0.05) is 6.07 Å². The lowest BCUT2D eigenvalue weighted by Crippen LogP contribution is -2.38. The molecule has 0 aliphatic carbocycles. The Morgan fingerprint density at radius 3 is 2.95 bits per heavy atom. The molecule has 1 aliphatic heterocycles. The lowest BCUT2D eigenvalue weighted by Gasteiger charge is -2.30. The Hall–Kier alpha value is -1.30.